The molecule has 0 unspecified atom stereocenters. The molecule has 18 heteroatoms. The van der Waals surface area contributed by atoms with Crippen LogP contribution in [0.25, 0.3) is 24.3 Å². The second kappa shape index (κ2) is 20.6. The van der Waals surface area contributed by atoms with E-state index < -0.39 is 61.2 Å². The molecule has 18 nitrogen and oxygen atoms in total. The minimum Gasteiger partial charge on any atom is -0.493 e. The largest absolute Gasteiger partial charge is 0.493 e. The molecule has 0 saturated carbocycles. The minimum absolute atomic E-state index is 0.280. The summed E-state index contributed by atoms with van der Waals surface area (Å²) in [5.41, 5.74) is 1.97. The molecule has 1 fully saturated rings. The van der Waals surface area contributed by atoms with E-state index in [9.17, 15) is 19.2 Å². The fourth-order valence-electron chi connectivity index (χ4n) is 5.83. The van der Waals surface area contributed by atoms with Crippen molar-refractivity contribution < 1.29 is 76.0 Å². The van der Waals surface area contributed by atoms with Gasteiger partial charge in [0.2, 0.25) is 23.9 Å². The van der Waals surface area contributed by atoms with Crippen molar-refractivity contribution >= 4 is 48.2 Å². The van der Waals surface area contributed by atoms with Crippen LogP contribution in [0.5, 0.6) is 40.5 Å². The van der Waals surface area contributed by atoms with Gasteiger partial charge in [-0.1, -0.05) is 12.2 Å². The number of rotatable bonds is 17. The van der Waals surface area contributed by atoms with Crippen molar-refractivity contribution in [2.75, 3.05) is 49.3 Å². The Morgan fingerprint density at radius 2 is 0.966 bits per heavy atom. The normalized spacial score (nSPS) is 18.8. The lowest BCUT2D eigenvalue weighted by molar-refractivity contribution is -0.289. The summed E-state index contributed by atoms with van der Waals surface area (Å²) in [7, 11) is 8.99. The van der Waals surface area contributed by atoms with E-state index in [1.165, 1.54) is 49.6 Å². The summed E-state index contributed by atoms with van der Waals surface area (Å²) in [6.07, 6.45) is -0.464. The van der Waals surface area contributed by atoms with Gasteiger partial charge in [0, 0.05) is 27.7 Å². The first-order valence-corrected chi connectivity index (χ1v) is 17.6. The Morgan fingerprint density at radius 3 is 1.34 bits per heavy atom. The highest BCUT2D eigenvalue weighted by atomic mass is 16.7. The SMILES string of the molecule is COc1cc(/C=C/c2cc(/C=C/c3cc(OC)c(OC)c(OC)c3)nc(O[C@@H]3O[C@H](COC(C)=O)[C@@H](OC(C)=O)[C@H](OC(C)=O)[C@H]3OC(C)=O)n2)cc(OC)c1OC. The van der Waals surface area contributed by atoms with Crippen molar-refractivity contribution in [3.8, 4) is 40.5 Å². The van der Waals surface area contributed by atoms with Crippen LogP contribution in [0.3, 0.4) is 0 Å². The molecular formula is C40H46N2O16. The lowest BCUT2D eigenvalue weighted by Crippen LogP contribution is -2.63. The summed E-state index contributed by atoms with van der Waals surface area (Å²) in [5.74, 6) is -0.566. The summed E-state index contributed by atoms with van der Waals surface area (Å²) in [4.78, 5) is 57.9. The van der Waals surface area contributed by atoms with E-state index in [-0.39, 0.29) is 6.01 Å². The molecule has 0 N–H and O–H groups in total. The van der Waals surface area contributed by atoms with Gasteiger partial charge in [-0.2, -0.15) is 9.97 Å². The number of methoxy groups -OCH3 is 6. The maximum atomic E-state index is 12.4. The van der Waals surface area contributed by atoms with Gasteiger partial charge in [-0.25, -0.2) is 0 Å². The molecule has 1 aliphatic rings. The first-order chi connectivity index (χ1) is 27.7. The van der Waals surface area contributed by atoms with Crippen LogP contribution in [-0.2, 0) is 42.9 Å². The molecule has 0 amide bonds. The van der Waals surface area contributed by atoms with Crippen LogP contribution in [-0.4, -0.2) is 114 Å². The molecule has 2 aromatic carbocycles. The van der Waals surface area contributed by atoms with Gasteiger partial charge in [0.25, 0.3) is 0 Å². The van der Waals surface area contributed by atoms with Crippen LogP contribution in [0.2, 0.25) is 0 Å². The predicted octanol–water partition coefficient (Wildman–Crippen LogP) is 4.33. The minimum atomic E-state index is -1.60. The van der Waals surface area contributed by atoms with Crippen LogP contribution in [0.4, 0.5) is 0 Å². The number of nitrogens with zero attached hydrogens (tertiary/aromatic N) is 2. The van der Waals surface area contributed by atoms with E-state index in [1.807, 2.05) is 0 Å². The fourth-order valence-corrected chi connectivity index (χ4v) is 5.83. The second-order valence-corrected chi connectivity index (χ2v) is 12.3. The van der Waals surface area contributed by atoms with Gasteiger partial charge in [0.1, 0.15) is 12.7 Å². The number of hydrogen-bond acceptors (Lipinski definition) is 18. The molecule has 0 aliphatic carbocycles. The van der Waals surface area contributed by atoms with E-state index in [2.05, 4.69) is 9.97 Å². The Balaban J connectivity index is 1.85. The Hall–Kier alpha value is -6.56. The monoisotopic (exact) mass is 810 g/mol. The molecule has 58 heavy (non-hydrogen) atoms. The summed E-state index contributed by atoms with van der Waals surface area (Å²) < 4.78 is 66.9. The fraction of sp³-hybridized carbons (Fsp3) is 0.400. The Morgan fingerprint density at radius 1 is 0.552 bits per heavy atom. The molecule has 2 heterocycles. The number of esters is 4. The zero-order chi connectivity index (χ0) is 42.5. The van der Waals surface area contributed by atoms with Crippen LogP contribution in [0.15, 0.2) is 30.3 Å². The van der Waals surface area contributed by atoms with Gasteiger partial charge in [-0.3, -0.25) is 19.2 Å². The van der Waals surface area contributed by atoms with Gasteiger partial charge < -0.3 is 56.8 Å². The zero-order valence-electron chi connectivity index (χ0n) is 33.7. The number of benzene rings is 2. The Labute approximate surface area is 334 Å². The van der Waals surface area contributed by atoms with Crippen LogP contribution < -0.4 is 33.2 Å². The lowest BCUT2D eigenvalue weighted by Gasteiger charge is -2.43. The highest BCUT2D eigenvalue weighted by molar-refractivity contribution is 5.75. The third-order valence-electron chi connectivity index (χ3n) is 8.18. The average molecular weight is 811 g/mol. The first-order valence-electron chi connectivity index (χ1n) is 17.6. The van der Waals surface area contributed by atoms with Gasteiger partial charge in [0.15, 0.2) is 35.2 Å². The van der Waals surface area contributed by atoms with Gasteiger partial charge >= 0.3 is 29.9 Å². The number of ether oxygens (including phenoxy) is 12. The van der Waals surface area contributed by atoms with E-state index in [4.69, 9.17) is 56.8 Å². The van der Waals surface area contributed by atoms with Crippen molar-refractivity contribution in [1.82, 2.24) is 9.97 Å². The molecule has 0 bridgehead atoms. The van der Waals surface area contributed by atoms with Gasteiger partial charge in [-0.05, 0) is 53.6 Å². The highest BCUT2D eigenvalue weighted by Gasteiger charge is 2.53. The zero-order valence-corrected chi connectivity index (χ0v) is 33.7. The van der Waals surface area contributed by atoms with E-state index in [0.29, 0.717) is 57.0 Å². The van der Waals surface area contributed by atoms with Gasteiger partial charge in [-0.15, -0.1) is 0 Å². The van der Waals surface area contributed by atoms with Crippen LogP contribution >= 0.6 is 0 Å². The van der Waals surface area contributed by atoms with Crippen molar-refractivity contribution in [3.05, 3.63) is 52.8 Å². The van der Waals surface area contributed by atoms with Crippen molar-refractivity contribution in [3.63, 3.8) is 0 Å². The number of carbonyl (C=O) groups excluding carboxylic acids is 4. The third kappa shape index (κ3) is 11.5. The lowest BCUT2D eigenvalue weighted by atomic mass is 9.98. The maximum Gasteiger partial charge on any atom is 0.319 e. The molecule has 0 radical (unpaired) electrons. The Kier molecular flexibility index (Phi) is 15.7. The first kappa shape index (κ1) is 44.2. The second-order valence-electron chi connectivity index (χ2n) is 12.3. The van der Waals surface area contributed by atoms with E-state index >= 15 is 0 Å². The van der Waals surface area contributed by atoms with Crippen molar-refractivity contribution in [2.45, 2.75) is 58.4 Å². The topological polar surface area (TPSA) is 205 Å². The number of carbonyl (C=O) groups is 4. The summed E-state index contributed by atoms with van der Waals surface area (Å²) in [5, 5.41) is 0. The highest BCUT2D eigenvalue weighted by Crippen LogP contribution is 2.40. The smallest absolute Gasteiger partial charge is 0.319 e. The summed E-state index contributed by atoms with van der Waals surface area (Å²) >= 11 is 0. The molecule has 5 atom stereocenters. The van der Waals surface area contributed by atoms with Crippen molar-refractivity contribution in [1.29, 1.82) is 0 Å². The number of aromatic nitrogens is 2. The molecule has 3 aromatic rings. The molecule has 4 rings (SSSR count). The molecule has 0 spiro atoms. The summed E-state index contributed by atoms with van der Waals surface area (Å²) in [6.45, 7) is 4.06. The van der Waals surface area contributed by atoms with E-state index in [0.717, 1.165) is 20.8 Å². The summed E-state index contributed by atoms with van der Waals surface area (Å²) in [6, 6.07) is 8.32. The molecular weight excluding hydrogens is 764 g/mol. The van der Waals surface area contributed by atoms with Crippen LogP contribution in [0.1, 0.15) is 50.2 Å². The van der Waals surface area contributed by atoms with Crippen LogP contribution in [0, 0.1) is 0 Å². The predicted molar refractivity (Wildman–Crippen MR) is 205 cm³/mol. The molecule has 1 aromatic heterocycles. The number of hydrogen-bond donors (Lipinski definition) is 0. The molecule has 312 valence electrons. The third-order valence-corrected chi connectivity index (χ3v) is 8.18. The van der Waals surface area contributed by atoms with Crippen molar-refractivity contribution in [2.24, 2.45) is 0 Å². The quantitative estimate of drug-likeness (QED) is 0.137. The standard InChI is InChI=1S/C40H46N2O16/c1-21(43)53-20-33-36(54-22(2)44)37(55-23(3)45)38(56-24(4)46)39(57-33)58-40-41-27(13-11-25-15-29(47-5)34(51-9)30(16-25)48-6)19-28(42-40)14-12-26-17-31(49-7)35(52-10)32(18-26)50-8/h11-19,33,36-39H,20H2,1-10H3/b13-11+,14-12+/t33-,36-,37+,38-,39+/m1/s1. The Bertz CT molecular complexity index is 1870. The average Bonchev–Trinajstić information content (AvgIpc) is 3.19. The molecule has 1 saturated heterocycles. The van der Waals surface area contributed by atoms with E-state index in [1.54, 1.807) is 54.6 Å². The molecule has 1 aliphatic heterocycles. The van der Waals surface area contributed by atoms with Gasteiger partial charge in [0.05, 0.1) is 54.0 Å². The maximum absolute atomic E-state index is 12.4.